The van der Waals surface area contributed by atoms with Crippen LogP contribution in [-0.4, -0.2) is 24.6 Å². The zero-order valence-corrected chi connectivity index (χ0v) is 9.81. The molecule has 1 N–H and O–H groups in total. The van der Waals surface area contributed by atoms with Crippen molar-refractivity contribution in [3.05, 3.63) is 45.0 Å². The monoisotopic (exact) mass is 267 g/mol. The van der Waals surface area contributed by atoms with Crippen LogP contribution < -0.4 is 4.30 Å². The Morgan fingerprint density at radius 3 is 2.53 bits per heavy atom. The molecular weight excluding hydrogens is 257 g/mol. The van der Waals surface area contributed by atoms with Crippen LogP contribution in [-0.2, 0) is 0 Å². The summed E-state index contributed by atoms with van der Waals surface area (Å²) in [6, 6.07) is 8.95. The number of aromatic hydroxyl groups is 1. The van der Waals surface area contributed by atoms with Crippen LogP contribution in [0.25, 0.3) is 10.1 Å². The quantitative estimate of drug-likeness (QED) is 0.788. The number of hydrogen-bond donors (Lipinski definition) is 1. The third kappa shape index (κ3) is 2.35. The van der Waals surface area contributed by atoms with Crippen LogP contribution in [0.2, 0.25) is 0 Å². The summed E-state index contributed by atoms with van der Waals surface area (Å²) in [5, 5.41) is 9.23. The molecule has 0 aliphatic heterocycles. The van der Waals surface area contributed by atoms with Gasteiger partial charge in [0, 0.05) is 0 Å². The minimum absolute atomic E-state index is 0.0504. The van der Waals surface area contributed by atoms with Crippen molar-refractivity contribution in [1.82, 2.24) is 4.98 Å². The second-order valence-electron chi connectivity index (χ2n) is 3.21. The van der Waals surface area contributed by atoms with Crippen LogP contribution in [0.5, 0.6) is 5.88 Å². The van der Waals surface area contributed by atoms with Gasteiger partial charge in [0.25, 0.3) is 0 Å². The van der Waals surface area contributed by atoms with Crippen LogP contribution in [0.15, 0.2) is 35.1 Å². The first kappa shape index (κ1) is 10.1. The zero-order valence-electron chi connectivity index (χ0n) is 8.10. The van der Waals surface area contributed by atoms with Gasteiger partial charge in [-0.2, -0.15) is 0 Å². The Kier molecular flexibility index (Phi) is 2.71. The van der Waals surface area contributed by atoms with E-state index in [9.17, 15) is 9.90 Å². The van der Waals surface area contributed by atoms with Crippen molar-refractivity contribution in [2.24, 2.45) is 0 Å². The number of nitrogens with zero attached hydrogens (tertiary/aromatic N) is 1. The molecular formula is C11H9NO2Se. The Bertz CT molecular complexity index is 531. The summed E-state index contributed by atoms with van der Waals surface area (Å²) in [6.07, 6.45) is 0. The molecule has 0 saturated carbocycles. The van der Waals surface area contributed by atoms with Crippen LogP contribution >= 0.6 is 0 Å². The molecule has 0 radical (unpaired) electrons. The number of benzene rings is 1. The molecule has 0 bridgehead atoms. The fourth-order valence-electron chi connectivity index (χ4n) is 1.21. The number of aromatic nitrogens is 1. The van der Waals surface area contributed by atoms with Crippen molar-refractivity contribution in [2.75, 3.05) is 0 Å². The Morgan fingerprint density at radius 1 is 1.27 bits per heavy atom. The van der Waals surface area contributed by atoms with Gasteiger partial charge in [0.1, 0.15) is 0 Å². The van der Waals surface area contributed by atoms with Gasteiger partial charge in [-0.1, -0.05) is 0 Å². The van der Waals surface area contributed by atoms with Gasteiger partial charge in [-0.3, -0.25) is 0 Å². The fraction of sp³-hybridized carbons (Fsp3) is 0.0909. The Labute approximate surface area is 92.8 Å². The third-order valence-electron chi connectivity index (χ3n) is 1.96. The van der Waals surface area contributed by atoms with Gasteiger partial charge >= 0.3 is 92.5 Å². The molecule has 0 unspecified atom stereocenters. The summed E-state index contributed by atoms with van der Waals surface area (Å²) in [7, 11) is 0. The third-order valence-corrected chi connectivity index (χ3v) is 3.72. The molecule has 0 spiro atoms. The van der Waals surface area contributed by atoms with Gasteiger partial charge in [-0.05, 0) is 0 Å². The summed E-state index contributed by atoms with van der Waals surface area (Å²) in [5.74, 6) is -0.191. The second kappa shape index (κ2) is 4.01. The topological polar surface area (TPSA) is 50.2 Å². The molecule has 0 fully saturated rings. The van der Waals surface area contributed by atoms with Crippen LogP contribution in [0.3, 0.4) is 0 Å². The van der Waals surface area contributed by atoms with E-state index in [2.05, 4.69) is 4.98 Å². The van der Waals surface area contributed by atoms with E-state index in [-0.39, 0.29) is 24.7 Å². The molecule has 0 amide bonds. The normalized spacial score (nSPS) is 10.2. The van der Waals surface area contributed by atoms with Gasteiger partial charge in [0.05, 0.1) is 0 Å². The predicted octanol–water partition coefficient (Wildman–Crippen LogP) is 1.18. The zero-order chi connectivity index (χ0) is 10.8. The van der Waals surface area contributed by atoms with Crippen LogP contribution in [0.4, 0.5) is 0 Å². The van der Waals surface area contributed by atoms with Gasteiger partial charge in [-0.15, -0.1) is 0 Å². The van der Waals surface area contributed by atoms with Gasteiger partial charge in [0.15, 0.2) is 0 Å². The number of rotatable bonds is 1. The molecule has 76 valence electrons. The molecule has 1 heterocycles. The summed E-state index contributed by atoms with van der Waals surface area (Å²) < 4.78 is 0.637. The average molecular weight is 266 g/mol. The second-order valence-corrected chi connectivity index (χ2v) is 5.29. The van der Waals surface area contributed by atoms with E-state index in [0.717, 1.165) is 11.1 Å². The summed E-state index contributed by atoms with van der Waals surface area (Å²) in [5.41, 5.74) is 2.07. The fourth-order valence-corrected chi connectivity index (χ4v) is 2.78. The molecule has 0 aliphatic rings. The first-order chi connectivity index (χ1) is 7.15. The Balaban J connectivity index is 2.54. The van der Waals surface area contributed by atoms with Crippen molar-refractivity contribution >= 4 is 14.5 Å². The van der Waals surface area contributed by atoms with E-state index in [1.165, 1.54) is 6.07 Å². The first-order valence-corrected chi connectivity index (χ1v) is 6.14. The molecule has 0 atom stereocenters. The maximum atomic E-state index is 11.2. The van der Waals surface area contributed by atoms with Gasteiger partial charge in [-0.25, -0.2) is 0 Å². The van der Waals surface area contributed by atoms with E-state index in [1.807, 2.05) is 31.2 Å². The molecule has 3 nitrogen and oxygen atoms in total. The van der Waals surface area contributed by atoms with E-state index in [1.54, 1.807) is 0 Å². The Hall–Kier alpha value is -1.38. The van der Waals surface area contributed by atoms with E-state index in [4.69, 9.17) is 0 Å². The average Bonchev–Trinajstić information content (AvgIpc) is 2.17. The molecule has 0 saturated heterocycles. The van der Waals surface area contributed by atoms with Gasteiger partial charge in [0.2, 0.25) is 0 Å². The van der Waals surface area contributed by atoms with Crippen LogP contribution in [0, 0.1) is 6.92 Å². The molecule has 2 rings (SSSR count). The molecule has 1 aromatic carbocycles. The SMILES string of the molecule is Cc1ccc(-c2nc(O)cc(=O)[se]2)cc1. The molecule has 15 heavy (non-hydrogen) atoms. The standard InChI is InChI=1S/C11H9NO2Se/c1-7-2-4-8(5-3-7)11-12-9(13)6-10(14)15-11/h2-6,13H,1H3. The van der Waals surface area contributed by atoms with Crippen molar-refractivity contribution in [1.29, 1.82) is 0 Å². The maximum absolute atomic E-state index is 11.2. The Morgan fingerprint density at radius 2 is 1.93 bits per heavy atom. The molecule has 4 heteroatoms. The van der Waals surface area contributed by atoms with Crippen molar-refractivity contribution in [3.63, 3.8) is 0 Å². The van der Waals surface area contributed by atoms with Gasteiger partial charge < -0.3 is 0 Å². The predicted molar refractivity (Wildman–Crippen MR) is 59.3 cm³/mol. The van der Waals surface area contributed by atoms with Crippen molar-refractivity contribution in [2.45, 2.75) is 6.92 Å². The van der Waals surface area contributed by atoms with Crippen molar-refractivity contribution in [3.8, 4) is 16.0 Å². The number of hydrogen-bond acceptors (Lipinski definition) is 3. The van der Waals surface area contributed by atoms with E-state index in [0.29, 0.717) is 4.57 Å². The van der Waals surface area contributed by atoms with E-state index < -0.39 is 0 Å². The van der Waals surface area contributed by atoms with Crippen LogP contribution in [0.1, 0.15) is 5.56 Å². The summed E-state index contributed by atoms with van der Waals surface area (Å²) in [4.78, 5) is 15.2. The number of aryl methyl sites for hydroxylation is 1. The molecule has 1 aromatic heterocycles. The molecule has 2 aromatic rings. The first-order valence-electron chi connectivity index (χ1n) is 4.43. The summed E-state index contributed by atoms with van der Waals surface area (Å²) >= 11 is -0.318. The summed E-state index contributed by atoms with van der Waals surface area (Å²) in [6.45, 7) is 2.00. The van der Waals surface area contributed by atoms with E-state index >= 15 is 0 Å². The van der Waals surface area contributed by atoms with Crippen molar-refractivity contribution < 1.29 is 5.11 Å². The minimum atomic E-state index is -0.318. The molecule has 0 aliphatic carbocycles.